The molecule has 0 saturated carbocycles. The van der Waals surface area contributed by atoms with E-state index in [0.29, 0.717) is 41.0 Å². The molecule has 0 fully saturated rings. The number of benzene rings is 2. The highest BCUT2D eigenvalue weighted by Gasteiger charge is 2.15. The third-order valence-corrected chi connectivity index (χ3v) is 4.35. The molecule has 0 aliphatic carbocycles. The first-order chi connectivity index (χ1) is 13.5. The van der Waals surface area contributed by atoms with E-state index in [1.54, 1.807) is 43.3 Å². The van der Waals surface area contributed by atoms with E-state index in [1.807, 2.05) is 19.9 Å². The minimum atomic E-state index is -0.517. The highest BCUT2D eigenvalue weighted by Crippen LogP contribution is 2.33. The molecule has 0 aliphatic heterocycles. The highest BCUT2D eigenvalue weighted by atomic mass is 35.5. The van der Waals surface area contributed by atoms with Crippen LogP contribution in [0, 0.1) is 18.3 Å². The topological polar surface area (TPSA) is 71.3 Å². The number of halogens is 1. The molecule has 1 N–H and O–H groups in total. The summed E-state index contributed by atoms with van der Waals surface area (Å²) in [6, 6.07) is 12.5. The molecule has 0 spiro atoms. The molecule has 0 radical (unpaired) electrons. The summed E-state index contributed by atoms with van der Waals surface area (Å²) in [4.78, 5) is 12.6. The Bertz CT molecular complexity index is 916. The van der Waals surface area contributed by atoms with Crippen LogP contribution in [0.4, 0.5) is 5.69 Å². The zero-order valence-electron chi connectivity index (χ0n) is 16.2. The number of para-hydroxylation sites is 1. The van der Waals surface area contributed by atoms with Crippen LogP contribution in [0.3, 0.4) is 0 Å². The van der Waals surface area contributed by atoms with Crippen LogP contribution in [0.5, 0.6) is 11.5 Å². The lowest BCUT2D eigenvalue weighted by Crippen LogP contribution is -2.14. The minimum absolute atomic E-state index is 0.0469. The average molecular weight is 399 g/mol. The molecule has 0 bridgehead atoms. The Morgan fingerprint density at radius 1 is 1.21 bits per heavy atom. The van der Waals surface area contributed by atoms with Crippen molar-refractivity contribution in [3.63, 3.8) is 0 Å². The van der Waals surface area contributed by atoms with Gasteiger partial charge in [0, 0.05) is 16.3 Å². The summed E-state index contributed by atoms with van der Waals surface area (Å²) in [7, 11) is 0. The lowest BCUT2D eigenvalue weighted by Gasteiger charge is -2.14. The van der Waals surface area contributed by atoms with Crippen molar-refractivity contribution in [1.29, 1.82) is 5.26 Å². The van der Waals surface area contributed by atoms with Gasteiger partial charge in [0.25, 0.3) is 5.91 Å². The van der Waals surface area contributed by atoms with Gasteiger partial charge in [0.05, 0.1) is 13.2 Å². The summed E-state index contributed by atoms with van der Waals surface area (Å²) in [6.07, 6.45) is 2.33. The minimum Gasteiger partial charge on any atom is -0.490 e. The highest BCUT2D eigenvalue weighted by molar-refractivity contribution is 6.31. The van der Waals surface area contributed by atoms with Gasteiger partial charge in [0.1, 0.15) is 11.6 Å². The fraction of sp³-hybridized carbons (Fsp3) is 0.273. The normalized spacial score (nSPS) is 10.9. The quantitative estimate of drug-likeness (QED) is 0.478. The predicted octanol–water partition coefficient (Wildman–Crippen LogP) is 5.38. The van der Waals surface area contributed by atoms with Crippen molar-refractivity contribution < 1.29 is 14.3 Å². The Balaban J connectivity index is 2.37. The van der Waals surface area contributed by atoms with E-state index in [9.17, 15) is 10.1 Å². The van der Waals surface area contributed by atoms with E-state index in [1.165, 1.54) is 6.08 Å². The lowest BCUT2D eigenvalue weighted by atomic mass is 10.1. The second kappa shape index (κ2) is 10.4. The fourth-order valence-corrected chi connectivity index (χ4v) is 2.69. The molecule has 146 valence electrons. The summed E-state index contributed by atoms with van der Waals surface area (Å²) in [5, 5.41) is 12.8. The summed E-state index contributed by atoms with van der Waals surface area (Å²) >= 11 is 6.10. The smallest absolute Gasteiger partial charge is 0.266 e. The van der Waals surface area contributed by atoms with Crippen molar-refractivity contribution in [3.8, 4) is 17.6 Å². The number of nitrogens with zero attached hydrogens (tertiary/aromatic N) is 1. The maximum Gasteiger partial charge on any atom is 0.266 e. The van der Waals surface area contributed by atoms with Crippen molar-refractivity contribution >= 4 is 29.3 Å². The third-order valence-electron chi connectivity index (χ3n) is 3.94. The Morgan fingerprint density at radius 2 is 1.96 bits per heavy atom. The molecule has 0 saturated heterocycles. The standard InChI is InChI=1S/C22H23ClN2O3/c1-4-12-28-21-16(8-6-11-20(21)27-5-2)13-17(14-24)22(26)25-19-10-7-9-18(23)15(19)3/h6-11,13H,4-5,12H2,1-3H3,(H,25,26)/b17-13+. The Hall–Kier alpha value is -2.97. The second-order valence-electron chi connectivity index (χ2n) is 5.99. The summed E-state index contributed by atoms with van der Waals surface area (Å²) < 4.78 is 11.4. The molecule has 0 aliphatic rings. The van der Waals surface area contributed by atoms with Crippen LogP contribution in [-0.4, -0.2) is 19.1 Å². The van der Waals surface area contributed by atoms with Gasteiger partial charge in [-0.3, -0.25) is 4.79 Å². The lowest BCUT2D eigenvalue weighted by molar-refractivity contribution is -0.112. The van der Waals surface area contributed by atoms with E-state index < -0.39 is 5.91 Å². The van der Waals surface area contributed by atoms with Gasteiger partial charge in [0.15, 0.2) is 11.5 Å². The summed E-state index contributed by atoms with van der Waals surface area (Å²) in [5.41, 5.74) is 1.85. The van der Waals surface area contributed by atoms with Crippen molar-refractivity contribution in [1.82, 2.24) is 0 Å². The summed E-state index contributed by atoms with van der Waals surface area (Å²) in [6.45, 7) is 6.67. The molecule has 2 aromatic carbocycles. The summed E-state index contributed by atoms with van der Waals surface area (Å²) in [5.74, 6) is 0.579. The van der Waals surface area contributed by atoms with Crippen LogP contribution in [0.2, 0.25) is 5.02 Å². The van der Waals surface area contributed by atoms with Gasteiger partial charge in [-0.05, 0) is 50.1 Å². The first kappa shape index (κ1) is 21.3. The molecule has 5 nitrogen and oxygen atoms in total. The van der Waals surface area contributed by atoms with E-state index in [4.69, 9.17) is 21.1 Å². The van der Waals surface area contributed by atoms with Crippen LogP contribution in [0.15, 0.2) is 42.0 Å². The number of amides is 1. The van der Waals surface area contributed by atoms with Gasteiger partial charge in [-0.2, -0.15) is 5.26 Å². The van der Waals surface area contributed by atoms with Gasteiger partial charge in [-0.15, -0.1) is 0 Å². The average Bonchev–Trinajstić information content (AvgIpc) is 2.69. The molecular weight excluding hydrogens is 376 g/mol. The Kier molecular flexibility index (Phi) is 7.91. The Labute approximate surface area is 170 Å². The molecule has 2 rings (SSSR count). The predicted molar refractivity (Wildman–Crippen MR) is 112 cm³/mol. The van der Waals surface area contributed by atoms with Gasteiger partial charge in [0.2, 0.25) is 0 Å². The van der Waals surface area contributed by atoms with E-state index >= 15 is 0 Å². The van der Waals surface area contributed by atoms with E-state index in [0.717, 1.165) is 12.0 Å². The van der Waals surface area contributed by atoms with Crippen molar-refractivity contribution in [2.75, 3.05) is 18.5 Å². The van der Waals surface area contributed by atoms with Crippen molar-refractivity contribution in [2.24, 2.45) is 0 Å². The molecule has 6 heteroatoms. The maximum absolute atomic E-state index is 12.6. The molecule has 0 heterocycles. The Morgan fingerprint density at radius 3 is 2.64 bits per heavy atom. The number of hydrogen-bond acceptors (Lipinski definition) is 4. The number of nitriles is 1. The number of nitrogens with one attached hydrogen (secondary N) is 1. The van der Waals surface area contributed by atoms with Crippen LogP contribution >= 0.6 is 11.6 Å². The van der Waals surface area contributed by atoms with Crippen molar-refractivity contribution in [3.05, 3.63) is 58.1 Å². The van der Waals surface area contributed by atoms with E-state index in [-0.39, 0.29) is 5.57 Å². The number of carbonyl (C=O) groups excluding carboxylic acids is 1. The molecule has 28 heavy (non-hydrogen) atoms. The molecular formula is C22H23ClN2O3. The van der Waals surface area contributed by atoms with Gasteiger partial charge in [-0.1, -0.05) is 36.7 Å². The van der Waals surface area contributed by atoms with Gasteiger partial charge < -0.3 is 14.8 Å². The van der Waals surface area contributed by atoms with Crippen LogP contribution < -0.4 is 14.8 Å². The number of hydrogen-bond donors (Lipinski definition) is 1. The third kappa shape index (κ3) is 5.28. The first-order valence-electron chi connectivity index (χ1n) is 9.08. The number of rotatable bonds is 8. The zero-order chi connectivity index (χ0) is 20.5. The van der Waals surface area contributed by atoms with Crippen LogP contribution in [0.1, 0.15) is 31.4 Å². The molecule has 0 unspecified atom stereocenters. The van der Waals surface area contributed by atoms with Crippen molar-refractivity contribution in [2.45, 2.75) is 27.2 Å². The molecule has 0 atom stereocenters. The molecule has 0 aromatic heterocycles. The van der Waals surface area contributed by atoms with E-state index in [2.05, 4.69) is 5.32 Å². The van der Waals surface area contributed by atoms with Gasteiger partial charge in [-0.25, -0.2) is 0 Å². The van der Waals surface area contributed by atoms with Crippen LogP contribution in [0.25, 0.3) is 6.08 Å². The number of ether oxygens (including phenoxy) is 2. The zero-order valence-corrected chi connectivity index (χ0v) is 17.0. The van der Waals surface area contributed by atoms with Crippen LogP contribution in [-0.2, 0) is 4.79 Å². The molecule has 2 aromatic rings. The second-order valence-corrected chi connectivity index (χ2v) is 6.40. The fourth-order valence-electron chi connectivity index (χ4n) is 2.51. The first-order valence-corrected chi connectivity index (χ1v) is 9.46. The number of anilines is 1. The molecule has 1 amide bonds. The maximum atomic E-state index is 12.6. The monoisotopic (exact) mass is 398 g/mol. The SMILES string of the molecule is CCCOc1c(/C=C(\C#N)C(=O)Nc2cccc(Cl)c2C)cccc1OCC. The van der Waals surface area contributed by atoms with Gasteiger partial charge >= 0.3 is 0 Å². The largest absolute Gasteiger partial charge is 0.490 e. The number of carbonyl (C=O) groups is 1.